The van der Waals surface area contributed by atoms with Gasteiger partial charge in [0.2, 0.25) is 0 Å². The SMILES string of the molecule is O=S(=O)(c1ccc(Cl)cc1)N(Cc1ccccc1C#CCCO)c1ccccc1. The highest BCUT2D eigenvalue weighted by molar-refractivity contribution is 7.92. The van der Waals surface area contributed by atoms with Gasteiger partial charge in [0.25, 0.3) is 10.0 Å². The van der Waals surface area contributed by atoms with Gasteiger partial charge in [0.15, 0.2) is 0 Å². The number of hydrogen-bond acceptors (Lipinski definition) is 3. The van der Waals surface area contributed by atoms with Gasteiger partial charge >= 0.3 is 0 Å². The van der Waals surface area contributed by atoms with Crippen molar-refractivity contribution in [2.24, 2.45) is 0 Å². The van der Waals surface area contributed by atoms with E-state index < -0.39 is 10.0 Å². The molecule has 0 saturated carbocycles. The summed E-state index contributed by atoms with van der Waals surface area (Å²) < 4.78 is 28.2. The molecular formula is C23H20ClNO3S. The van der Waals surface area contributed by atoms with E-state index in [-0.39, 0.29) is 18.0 Å². The summed E-state index contributed by atoms with van der Waals surface area (Å²) in [5.74, 6) is 5.92. The molecule has 0 aromatic heterocycles. The summed E-state index contributed by atoms with van der Waals surface area (Å²) in [5.41, 5.74) is 2.06. The first-order valence-corrected chi connectivity index (χ1v) is 10.8. The molecule has 0 spiro atoms. The lowest BCUT2D eigenvalue weighted by Gasteiger charge is -2.25. The van der Waals surface area contributed by atoms with E-state index in [9.17, 15) is 8.42 Å². The molecule has 0 heterocycles. The summed E-state index contributed by atoms with van der Waals surface area (Å²) in [6.07, 6.45) is 0.361. The maximum Gasteiger partial charge on any atom is 0.264 e. The van der Waals surface area contributed by atoms with E-state index in [1.54, 1.807) is 36.4 Å². The molecule has 0 aliphatic carbocycles. The zero-order valence-corrected chi connectivity index (χ0v) is 17.2. The number of aliphatic hydroxyl groups excluding tert-OH is 1. The monoisotopic (exact) mass is 425 g/mol. The average molecular weight is 426 g/mol. The van der Waals surface area contributed by atoms with Crippen LogP contribution in [0, 0.1) is 11.8 Å². The Morgan fingerprint density at radius 2 is 1.55 bits per heavy atom. The van der Waals surface area contributed by atoms with Crippen molar-refractivity contribution in [3.63, 3.8) is 0 Å². The molecule has 148 valence electrons. The zero-order chi connectivity index (χ0) is 20.7. The molecular weight excluding hydrogens is 406 g/mol. The van der Waals surface area contributed by atoms with Crippen molar-refractivity contribution in [2.45, 2.75) is 17.9 Å². The molecule has 0 unspecified atom stereocenters. The van der Waals surface area contributed by atoms with E-state index in [0.29, 0.717) is 17.1 Å². The standard InChI is InChI=1S/C23H20ClNO3S/c24-21-13-15-23(16-14-21)29(27,28)25(22-11-2-1-3-12-22)18-20-10-5-4-8-19(20)9-6-7-17-26/h1-5,8,10-16,26H,7,17-18H2. The van der Waals surface area contributed by atoms with E-state index in [2.05, 4.69) is 11.8 Å². The first-order chi connectivity index (χ1) is 14.0. The first kappa shape index (κ1) is 20.9. The van der Waals surface area contributed by atoms with Crippen molar-refractivity contribution in [3.05, 3.63) is 95.0 Å². The predicted molar refractivity (Wildman–Crippen MR) is 116 cm³/mol. The Balaban J connectivity index is 2.05. The van der Waals surface area contributed by atoms with Crippen LogP contribution in [0.5, 0.6) is 0 Å². The highest BCUT2D eigenvalue weighted by Crippen LogP contribution is 2.27. The number of aliphatic hydroxyl groups is 1. The number of halogens is 1. The minimum atomic E-state index is -3.82. The van der Waals surface area contributed by atoms with Gasteiger partial charge in [0.05, 0.1) is 23.7 Å². The van der Waals surface area contributed by atoms with Crippen LogP contribution in [0.4, 0.5) is 5.69 Å². The van der Waals surface area contributed by atoms with E-state index in [4.69, 9.17) is 16.7 Å². The second kappa shape index (κ2) is 9.62. The minimum Gasteiger partial charge on any atom is -0.395 e. The summed E-state index contributed by atoms with van der Waals surface area (Å²) in [6, 6.07) is 22.5. The fourth-order valence-corrected chi connectivity index (χ4v) is 4.36. The van der Waals surface area contributed by atoms with Crippen LogP contribution in [0.25, 0.3) is 0 Å². The molecule has 29 heavy (non-hydrogen) atoms. The lowest BCUT2D eigenvalue weighted by Crippen LogP contribution is -2.30. The summed E-state index contributed by atoms with van der Waals surface area (Å²) >= 11 is 5.93. The van der Waals surface area contributed by atoms with Gasteiger partial charge in [-0.1, -0.05) is 59.8 Å². The fraction of sp³-hybridized carbons (Fsp3) is 0.130. The van der Waals surface area contributed by atoms with Crippen molar-refractivity contribution in [3.8, 4) is 11.8 Å². The second-order valence-corrected chi connectivity index (χ2v) is 8.53. The molecule has 0 aliphatic rings. The smallest absolute Gasteiger partial charge is 0.264 e. The maximum absolute atomic E-state index is 13.4. The number of benzene rings is 3. The molecule has 0 aliphatic heterocycles. The van der Waals surface area contributed by atoms with Gasteiger partial charge in [-0.15, -0.1) is 0 Å². The Morgan fingerprint density at radius 1 is 0.897 bits per heavy atom. The minimum absolute atomic E-state index is 0.0176. The molecule has 0 fully saturated rings. The molecule has 0 radical (unpaired) electrons. The zero-order valence-electron chi connectivity index (χ0n) is 15.6. The van der Waals surface area contributed by atoms with Gasteiger partial charge in [-0.05, 0) is 48.0 Å². The van der Waals surface area contributed by atoms with E-state index in [1.807, 2.05) is 30.3 Å². The Morgan fingerprint density at radius 3 is 2.24 bits per heavy atom. The summed E-state index contributed by atoms with van der Waals surface area (Å²) in [4.78, 5) is 0.162. The van der Waals surface area contributed by atoms with Crippen molar-refractivity contribution in [1.82, 2.24) is 0 Å². The Hall–Kier alpha value is -2.78. The third kappa shape index (κ3) is 5.18. The van der Waals surface area contributed by atoms with Crippen LogP contribution in [-0.2, 0) is 16.6 Å². The summed E-state index contributed by atoms with van der Waals surface area (Å²) in [7, 11) is -3.82. The number of anilines is 1. The molecule has 3 aromatic carbocycles. The molecule has 1 N–H and O–H groups in total. The number of hydrogen-bond donors (Lipinski definition) is 1. The van der Waals surface area contributed by atoms with Crippen LogP contribution in [0.1, 0.15) is 17.5 Å². The molecule has 0 bridgehead atoms. The Bertz CT molecular complexity index is 1120. The normalized spacial score (nSPS) is 10.8. The third-order valence-corrected chi connectivity index (χ3v) is 6.28. The molecule has 6 heteroatoms. The van der Waals surface area contributed by atoms with E-state index >= 15 is 0 Å². The highest BCUT2D eigenvalue weighted by Gasteiger charge is 2.25. The second-order valence-electron chi connectivity index (χ2n) is 6.23. The van der Waals surface area contributed by atoms with Gasteiger partial charge in [-0.25, -0.2) is 8.42 Å². The van der Waals surface area contributed by atoms with Gasteiger partial charge in [0.1, 0.15) is 0 Å². The maximum atomic E-state index is 13.4. The molecule has 0 atom stereocenters. The molecule has 3 aromatic rings. The number of nitrogens with zero attached hydrogens (tertiary/aromatic N) is 1. The molecule has 0 amide bonds. The predicted octanol–water partition coefficient (Wildman–Crippen LogP) is 4.47. The van der Waals surface area contributed by atoms with Gasteiger partial charge in [-0.2, -0.15) is 0 Å². The quantitative estimate of drug-likeness (QED) is 0.593. The Kier molecular flexibility index (Phi) is 6.95. The number of sulfonamides is 1. The summed E-state index contributed by atoms with van der Waals surface area (Å²) in [6.45, 7) is 0.106. The van der Waals surface area contributed by atoms with Crippen LogP contribution < -0.4 is 4.31 Å². The Labute approximate surface area is 176 Å². The fourth-order valence-electron chi connectivity index (χ4n) is 2.79. The lowest BCUT2D eigenvalue weighted by atomic mass is 10.1. The van der Waals surface area contributed by atoms with Crippen molar-refractivity contribution >= 4 is 27.3 Å². The topological polar surface area (TPSA) is 57.6 Å². The largest absolute Gasteiger partial charge is 0.395 e. The van der Waals surface area contributed by atoms with E-state index in [1.165, 1.54) is 16.4 Å². The van der Waals surface area contributed by atoms with Crippen LogP contribution in [0.3, 0.4) is 0 Å². The van der Waals surface area contributed by atoms with Crippen LogP contribution >= 0.6 is 11.6 Å². The lowest BCUT2D eigenvalue weighted by molar-refractivity contribution is 0.305. The van der Waals surface area contributed by atoms with Crippen molar-refractivity contribution in [1.29, 1.82) is 0 Å². The molecule has 4 nitrogen and oxygen atoms in total. The number of rotatable bonds is 6. The van der Waals surface area contributed by atoms with Crippen LogP contribution in [0.2, 0.25) is 5.02 Å². The average Bonchev–Trinajstić information content (AvgIpc) is 2.74. The van der Waals surface area contributed by atoms with Gasteiger partial charge in [0, 0.05) is 17.0 Å². The molecule has 0 saturated heterocycles. The summed E-state index contributed by atoms with van der Waals surface area (Å²) in [5, 5.41) is 9.43. The third-order valence-electron chi connectivity index (χ3n) is 4.24. The van der Waals surface area contributed by atoms with Crippen molar-refractivity contribution < 1.29 is 13.5 Å². The van der Waals surface area contributed by atoms with E-state index in [0.717, 1.165) is 11.1 Å². The number of para-hydroxylation sites is 1. The highest BCUT2D eigenvalue weighted by atomic mass is 35.5. The van der Waals surface area contributed by atoms with Gasteiger partial charge in [-0.3, -0.25) is 4.31 Å². The van der Waals surface area contributed by atoms with Gasteiger partial charge < -0.3 is 5.11 Å². The van der Waals surface area contributed by atoms with Crippen LogP contribution in [0.15, 0.2) is 83.8 Å². The first-order valence-electron chi connectivity index (χ1n) is 9.03. The van der Waals surface area contributed by atoms with Crippen molar-refractivity contribution in [2.75, 3.05) is 10.9 Å². The molecule has 3 rings (SSSR count). The van der Waals surface area contributed by atoms with Crippen LogP contribution in [-0.4, -0.2) is 20.1 Å².